The van der Waals surface area contributed by atoms with Crippen molar-refractivity contribution in [2.24, 2.45) is 0 Å². The minimum absolute atomic E-state index is 0.0475. The maximum Gasteiger partial charge on any atom is 0.335 e. The fraction of sp³-hybridized carbons (Fsp3) is 0.263. The summed E-state index contributed by atoms with van der Waals surface area (Å²) in [4.78, 5) is 25.2. The molecule has 2 aromatic carbocycles. The third-order valence-electron chi connectivity index (χ3n) is 4.12. The van der Waals surface area contributed by atoms with Gasteiger partial charge in [-0.3, -0.25) is 4.79 Å². The van der Waals surface area contributed by atoms with E-state index in [4.69, 9.17) is 9.84 Å². The zero-order chi connectivity index (χ0) is 17.2. The van der Waals surface area contributed by atoms with Gasteiger partial charge in [-0.2, -0.15) is 0 Å². The van der Waals surface area contributed by atoms with Crippen LogP contribution in [0.1, 0.15) is 28.8 Å². The van der Waals surface area contributed by atoms with Crippen LogP contribution < -0.4 is 4.74 Å². The lowest BCUT2D eigenvalue weighted by Gasteiger charge is -2.24. The van der Waals surface area contributed by atoms with Gasteiger partial charge in [0.25, 0.3) is 5.91 Å². The predicted molar refractivity (Wildman–Crippen MR) is 88.9 cm³/mol. The Labute approximate surface area is 140 Å². The van der Waals surface area contributed by atoms with Crippen LogP contribution in [0.4, 0.5) is 0 Å². The van der Waals surface area contributed by atoms with Gasteiger partial charge in [-0.05, 0) is 29.8 Å². The molecule has 3 rings (SSSR count). The van der Waals surface area contributed by atoms with Crippen LogP contribution in [0.2, 0.25) is 0 Å². The molecule has 1 amide bonds. The first-order valence-corrected chi connectivity index (χ1v) is 7.82. The number of nitrogens with zero attached hydrogens (tertiary/aromatic N) is 1. The Bertz CT molecular complexity index is 736. The molecule has 0 aromatic heterocycles. The number of carbonyl (C=O) groups is 2. The topological polar surface area (TPSA) is 66.8 Å². The monoisotopic (exact) mass is 325 g/mol. The quantitative estimate of drug-likeness (QED) is 0.887. The summed E-state index contributed by atoms with van der Waals surface area (Å²) in [5.41, 5.74) is 0.363. The molecule has 5 heteroatoms. The highest BCUT2D eigenvalue weighted by Gasteiger charge is 2.54. The maximum absolute atomic E-state index is 12.7. The van der Waals surface area contributed by atoms with E-state index in [1.165, 1.54) is 0 Å². The summed E-state index contributed by atoms with van der Waals surface area (Å²) >= 11 is 0. The number of amides is 1. The molecular weight excluding hydrogens is 306 g/mol. The SMILES string of the molecule is CN(Cc1ccc(C(=O)O)cc1)C(=O)C1(Oc2ccccc2)CC1. The molecule has 24 heavy (non-hydrogen) atoms. The summed E-state index contributed by atoms with van der Waals surface area (Å²) in [5.74, 6) is -0.310. The van der Waals surface area contributed by atoms with Gasteiger partial charge in [-0.25, -0.2) is 4.79 Å². The van der Waals surface area contributed by atoms with E-state index in [2.05, 4.69) is 0 Å². The number of hydrogen-bond donors (Lipinski definition) is 1. The standard InChI is InChI=1S/C19H19NO4/c1-20(13-14-7-9-15(10-8-14)17(21)22)18(23)19(11-12-19)24-16-5-3-2-4-6-16/h2-10H,11-13H2,1H3,(H,21,22). The van der Waals surface area contributed by atoms with Crippen LogP contribution in [0, 0.1) is 0 Å². The van der Waals surface area contributed by atoms with E-state index in [0.717, 1.165) is 5.56 Å². The van der Waals surface area contributed by atoms with Crippen molar-refractivity contribution in [2.45, 2.75) is 25.0 Å². The Balaban J connectivity index is 1.65. The minimum Gasteiger partial charge on any atom is -0.478 e. The number of benzene rings is 2. The van der Waals surface area contributed by atoms with E-state index in [-0.39, 0.29) is 11.5 Å². The summed E-state index contributed by atoms with van der Waals surface area (Å²) in [7, 11) is 1.74. The Morgan fingerprint density at radius 2 is 1.71 bits per heavy atom. The lowest BCUT2D eigenvalue weighted by atomic mass is 10.1. The van der Waals surface area contributed by atoms with Gasteiger partial charge >= 0.3 is 5.97 Å². The summed E-state index contributed by atoms with van der Waals surface area (Å²) in [6.45, 7) is 0.415. The third kappa shape index (κ3) is 3.40. The Morgan fingerprint density at radius 3 is 2.25 bits per heavy atom. The summed E-state index contributed by atoms with van der Waals surface area (Å²) in [5, 5.41) is 8.92. The van der Waals surface area contributed by atoms with Gasteiger partial charge in [-0.1, -0.05) is 30.3 Å². The van der Waals surface area contributed by atoms with Crippen LogP contribution in [0.15, 0.2) is 54.6 Å². The van der Waals surface area contributed by atoms with E-state index in [1.54, 1.807) is 36.2 Å². The predicted octanol–water partition coefficient (Wildman–Crippen LogP) is 2.95. The molecule has 5 nitrogen and oxygen atoms in total. The largest absolute Gasteiger partial charge is 0.478 e. The molecule has 1 aliphatic carbocycles. The average molecular weight is 325 g/mol. The van der Waals surface area contributed by atoms with E-state index in [1.807, 2.05) is 30.3 Å². The maximum atomic E-state index is 12.7. The molecule has 0 aliphatic heterocycles. The zero-order valence-corrected chi connectivity index (χ0v) is 13.4. The first-order valence-electron chi connectivity index (χ1n) is 7.82. The molecule has 0 heterocycles. The Morgan fingerprint density at radius 1 is 1.08 bits per heavy atom. The summed E-state index contributed by atoms with van der Waals surface area (Å²) in [6.07, 6.45) is 1.42. The first-order chi connectivity index (χ1) is 11.5. The van der Waals surface area contributed by atoms with Crippen LogP contribution in [-0.2, 0) is 11.3 Å². The molecule has 124 valence electrons. The molecule has 0 radical (unpaired) electrons. The van der Waals surface area contributed by atoms with Gasteiger partial charge < -0.3 is 14.7 Å². The molecule has 1 N–H and O–H groups in total. The average Bonchev–Trinajstić information content (AvgIpc) is 3.36. The second kappa shape index (κ2) is 6.35. The lowest BCUT2D eigenvalue weighted by Crippen LogP contribution is -2.41. The van der Waals surface area contributed by atoms with Crippen molar-refractivity contribution < 1.29 is 19.4 Å². The van der Waals surface area contributed by atoms with Gasteiger partial charge in [0, 0.05) is 26.4 Å². The van der Waals surface area contributed by atoms with Gasteiger partial charge in [-0.15, -0.1) is 0 Å². The molecule has 0 saturated heterocycles. The highest BCUT2D eigenvalue weighted by molar-refractivity contribution is 5.89. The molecule has 0 atom stereocenters. The van der Waals surface area contributed by atoms with Crippen molar-refractivity contribution in [2.75, 3.05) is 7.05 Å². The molecular formula is C19H19NO4. The smallest absolute Gasteiger partial charge is 0.335 e. The third-order valence-corrected chi connectivity index (χ3v) is 4.12. The number of hydrogen-bond acceptors (Lipinski definition) is 3. The van der Waals surface area contributed by atoms with Crippen molar-refractivity contribution in [3.05, 3.63) is 65.7 Å². The van der Waals surface area contributed by atoms with Crippen LogP contribution in [-0.4, -0.2) is 34.5 Å². The summed E-state index contributed by atoms with van der Waals surface area (Å²) in [6, 6.07) is 15.9. The van der Waals surface area contributed by atoms with Gasteiger partial charge in [0.05, 0.1) is 5.56 Å². The highest BCUT2D eigenvalue weighted by atomic mass is 16.5. The van der Waals surface area contributed by atoms with E-state index in [9.17, 15) is 9.59 Å². The molecule has 0 bridgehead atoms. The van der Waals surface area contributed by atoms with Crippen molar-refractivity contribution in [1.29, 1.82) is 0 Å². The van der Waals surface area contributed by atoms with Crippen LogP contribution in [0.3, 0.4) is 0 Å². The van der Waals surface area contributed by atoms with Gasteiger partial charge in [0.2, 0.25) is 0 Å². The number of para-hydroxylation sites is 1. The zero-order valence-electron chi connectivity index (χ0n) is 13.4. The number of aromatic carboxylic acids is 1. The second-order valence-electron chi connectivity index (χ2n) is 6.07. The van der Waals surface area contributed by atoms with Crippen molar-refractivity contribution in [3.63, 3.8) is 0 Å². The fourth-order valence-electron chi connectivity index (χ4n) is 2.63. The van der Waals surface area contributed by atoms with Gasteiger partial charge in [0.1, 0.15) is 5.75 Å². The number of carboxylic acid groups (broad SMARTS) is 1. The number of carbonyl (C=O) groups excluding carboxylic acids is 1. The molecule has 1 aliphatic rings. The molecule has 1 fully saturated rings. The molecule has 0 unspecified atom stereocenters. The Kier molecular flexibility index (Phi) is 4.25. The van der Waals surface area contributed by atoms with E-state index < -0.39 is 11.6 Å². The van der Waals surface area contributed by atoms with E-state index in [0.29, 0.717) is 25.1 Å². The second-order valence-corrected chi connectivity index (χ2v) is 6.07. The fourth-order valence-corrected chi connectivity index (χ4v) is 2.63. The van der Waals surface area contributed by atoms with Crippen LogP contribution in [0.5, 0.6) is 5.75 Å². The first kappa shape index (κ1) is 16.1. The number of rotatable bonds is 6. The van der Waals surface area contributed by atoms with Crippen molar-refractivity contribution in [3.8, 4) is 5.75 Å². The van der Waals surface area contributed by atoms with Crippen molar-refractivity contribution >= 4 is 11.9 Å². The highest BCUT2D eigenvalue weighted by Crippen LogP contribution is 2.41. The molecule has 1 saturated carbocycles. The van der Waals surface area contributed by atoms with Crippen molar-refractivity contribution in [1.82, 2.24) is 4.90 Å². The number of likely N-dealkylation sites (N-methyl/N-ethyl adjacent to an activating group) is 1. The molecule has 2 aromatic rings. The Hall–Kier alpha value is -2.82. The van der Waals surface area contributed by atoms with Gasteiger partial charge in [0.15, 0.2) is 5.60 Å². The van der Waals surface area contributed by atoms with Crippen LogP contribution in [0.25, 0.3) is 0 Å². The number of ether oxygens (including phenoxy) is 1. The molecule has 0 spiro atoms. The lowest BCUT2D eigenvalue weighted by molar-refractivity contribution is -0.140. The minimum atomic E-state index is -0.959. The number of carboxylic acids is 1. The normalized spacial score (nSPS) is 14.7. The van der Waals surface area contributed by atoms with Crippen LogP contribution >= 0.6 is 0 Å². The summed E-state index contributed by atoms with van der Waals surface area (Å²) < 4.78 is 5.92. The van der Waals surface area contributed by atoms with E-state index >= 15 is 0 Å².